The minimum Gasteiger partial charge on any atom is -0.382 e. The minimum absolute atomic E-state index is 0.200. The van der Waals surface area contributed by atoms with Crippen LogP contribution in [-0.4, -0.2) is 6.04 Å². The molecule has 0 atom stereocenters. The number of benzene rings is 1. The maximum absolute atomic E-state index is 13.3. The molecule has 0 aromatic heterocycles. The lowest BCUT2D eigenvalue weighted by atomic mass is 9.87. The molecule has 88 valence electrons. The Labute approximate surface area is 105 Å². The van der Waals surface area contributed by atoms with Crippen molar-refractivity contribution in [2.75, 3.05) is 5.32 Å². The molecule has 1 N–H and O–H groups in total. The fourth-order valence-electron chi connectivity index (χ4n) is 2.23. The molecule has 0 saturated heterocycles. The molecule has 0 heterocycles. The molecule has 0 unspecified atom stereocenters. The van der Waals surface area contributed by atoms with Gasteiger partial charge >= 0.3 is 0 Å². The zero-order valence-corrected chi connectivity index (χ0v) is 11.1. The standard InChI is InChI=1S/C13H17BrFN/c1-9-2-4-10(5-3-9)16-11-6-7-12(14)13(15)8-11/h6-10,16H,2-5H2,1H3. The van der Waals surface area contributed by atoms with Gasteiger partial charge in [-0.1, -0.05) is 6.92 Å². The van der Waals surface area contributed by atoms with Crippen molar-refractivity contribution < 1.29 is 4.39 Å². The van der Waals surface area contributed by atoms with Crippen LogP contribution in [0, 0.1) is 11.7 Å². The molecule has 0 amide bonds. The van der Waals surface area contributed by atoms with Gasteiger partial charge in [-0.3, -0.25) is 0 Å². The number of anilines is 1. The van der Waals surface area contributed by atoms with Gasteiger partial charge in [-0.25, -0.2) is 4.39 Å². The SMILES string of the molecule is CC1CCC(Nc2ccc(Br)c(F)c2)CC1. The lowest BCUT2D eigenvalue weighted by Gasteiger charge is -2.27. The monoisotopic (exact) mass is 285 g/mol. The number of rotatable bonds is 2. The van der Waals surface area contributed by atoms with Gasteiger partial charge in [0, 0.05) is 11.7 Å². The van der Waals surface area contributed by atoms with Crippen LogP contribution in [0.5, 0.6) is 0 Å². The molecule has 1 fully saturated rings. The first kappa shape index (κ1) is 11.9. The highest BCUT2D eigenvalue weighted by Gasteiger charge is 2.17. The molecule has 0 spiro atoms. The first-order chi connectivity index (χ1) is 7.65. The van der Waals surface area contributed by atoms with E-state index in [1.807, 2.05) is 6.07 Å². The third-order valence-electron chi connectivity index (χ3n) is 3.31. The Morgan fingerprint density at radius 2 is 1.94 bits per heavy atom. The Kier molecular flexibility index (Phi) is 3.85. The van der Waals surface area contributed by atoms with Crippen LogP contribution in [0.15, 0.2) is 22.7 Å². The summed E-state index contributed by atoms with van der Waals surface area (Å²) in [7, 11) is 0. The molecule has 1 aromatic carbocycles. The van der Waals surface area contributed by atoms with Crippen molar-refractivity contribution >= 4 is 21.6 Å². The molecular formula is C13H17BrFN. The molecule has 16 heavy (non-hydrogen) atoms. The predicted octanol–water partition coefficient (Wildman–Crippen LogP) is 4.58. The van der Waals surface area contributed by atoms with Crippen molar-refractivity contribution in [2.45, 2.75) is 38.6 Å². The van der Waals surface area contributed by atoms with E-state index in [2.05, 4.69) is 28.2 Å². The molecular weight excluding hydrogens is 269 g/mol. The Morgan fingerprint density at radius 1 is 1.25 bits per heavy atom. The van der Waals surface area contributed by atoms with Gasteiger partial charge < -0.3 is 5.32 Å². The highest BCUT2D eigenvalue weighted by atomic mass is 79.9. The molecule has 0 bridgehead atoms. The Balaban J connectivity index is 1.96. The topological polar surface area (TPSA) is 12.0 Å². The van der Waals surface area contributed by atoms with Gasteiger partial charge in [0.05, 0.1) is 4.47 Å². The second kappa shape index (κ2) is 5.17. The van der Waals surface area contributed by atoms with Crippen LogP contribution >= 0.6 is 15.9 Å². The second-order valence-corrected chi connectivity index (χ2v) is 5.58. The van der Waals surface area contributed by atoms with E-state index >= 15 is 0 Å². The summed E-state index contributed by atoms with van der Waals surface area (Å²) in [6.45, 7) is 2.30. The van der Waals surface area contributed by atoms with Gasteiger partial charge in [-0.2, -0.15) is 0 Å². The zero-order chi connectivity index (χ0) is 11.5. The fourth-order valence-corrected chi connectivity index (χ4v) is 2.47. The second-order valence-electron chi connectivity index (χ2n) is 4.73. The average Bonchev–Trinajstić information content (AvgIpc) is 2.27. The number of hydrogen-bond acceptors (Lipinski definition) is 1. The molecule has 1 nitrogen and oxygen atoms in total. The van der Waals surface area contributed by atoms with E-state index < -0.39 is 0 Å². The summed E-state index contributed by atoms with van der Waals surface area (Å²) in [6.07, 6.45) is 4.94. The van der Waals surface area contributed by atoms with Gasteiger partial charge in [-0.15, -0.1) is 0 Å². The van der Waals surface area contributed by atoms with Crippen LogP contribution in [-0.2, 0) is 0 Å². The Hall–Kier alpha value is -0.570. The van der Waals surface area contributed by atoms with Crippen molar-refractivity contribution in [2.24, 2.45) is 5.92 Å². The molecule has 3 heteroatoms. The zero-order valence-electron chi connectivity index (χ0n) is 9.47. The van der Waals surface area contributed by atoms with E-state index in [0.29, 0.717) is 10.5 Å². The van der Waals surface area contributed by atoms with Crippen LogP contribution in [0.3, 0.4) is 0 Å². The van der Waals surface area contributed by atoms with Crippen molar-refractivity contribution in [1.29, 1.82) is 0 Å². The highest BCUT2D eigenvalue weighted by molar-refractivity contribution is 9.10. The Bertz CT molecular complexity index is 359. The third-order valence-corrected chi connectivity index (χ3v) is 3.95. The summed E-state index contributed by atoms with van der Waals surface area (Å²) >= 11 is 3.16. The van der Waals surface area contributed by atoms with Crippen molar-refractivity contribution in [1.82, 2.24) is 0 Å². The van der Waals surface area contributed by atoms with E-state index in [9.17, 15) is 4.39 Å². The van der Waals surface area contributed by atoms with Gasteiger partial charge in [0.2, 0.25) is 0 Å². The summed E-state index contributed by atoms with van der Waals surface area (Å²) in [5.74, 6) is 0.647. The van der Waals surface area contributed by atoms with E-state index in [0.717, 1.165) is 11.6 Å². The van der Waals surface area contributed by atoms with Gasteiger partial charge in [0.25, 0.3) is 0 Å². The summed E-state index contributed by atoms with van der Waals surface area (Å²) in [5, 5.41) is 3.41. The van der Waals surface area contributed by atoms with E-state index in [1.54, 1.807) is 12.1 Å². The van der Waals surface area contributed by atoms with E-state index in [1.165, 1.54) is 25.7 Å². The average molecular weight is 286 g/mol. The Morgan fingerprint density at radius 3 is 2.56 bits per heavy atom. The quantitative estimate of drug-likeness (QED) is 0.839. The predicted molar refractivity (Wildman–Crippen MR) is 69.1 cm³/mol. The number of hydrogen-bond donors (Lipinski definition) is 1. The molecule has 1 aliphatic carbocycles. The van der Waals surface area contributed by atoms with Crippen LogP contribution in [0.4, 0.5) is 10.1 Å². The molecule has 1 saturated carbocycles. The molecule has 1 aliphatic rings. The van der Waals surface area contributed by atoms with Crippen LogP contribution in [0.1, 0.15) is 32.6 Å². The minimum atomic E-state index is -0.200. The van der Waals surface area contributed by atoms with Crippen molar-refractivity contribution in [3.8, 4) is 0 Å². The maximum atomic E-state index is 13.3. The van der Waals surface area contributed by atoms with Crippen LogP contribution < -0.4 is 5.32 Å². The summed E-state index contributed by atoms with van der Waals surface area (Å²) in [4.78, 5) is 0. The summed E-state index contributed by atoms with van der Waals surface area (Å²) in [6, 6.07) is 5.74. The van der Waals surface area contributed by atoms with Gasteiger partial charge in [0.15, 0.2) is 0 Å². The van der Waals surface area contributed by atoms with Crippen LogP contribution in [0.25, 0.3) is 0 Å². The third kappa shape index (κ3) is 2.97. The van der Waals surface area contributed by atoms with Gasteiger partial charge in [-0.05, 0) is 65.7 Å². The normalized spacial score (nSPS) is 25.4. The first-order valence-corrected chi connectivity index (χ1v) is 6.66. The van der Waals surface area contributed by atoms with Crippen molar-refractivity contribution in [3.05, 3.63) is 28.5 Å². The molecule has 0 aliphatic heterocycles. The molecule has 1 aromatic rings. The maximum Gasteiger partial charge on any atom is 0.139 e. The van der Waals surface area contributed by atoms with E-state index in [4.69, 9.17) is 0 Å². The molecule has 0 radical (unpaired) electrons. The lowest BCUT2D eigenvalue weighted by Crippen LogP contribution is -2.25. The van der Waals surface area contributed by atoms with Gasteiger partial charge in [0.1, 0.15) is 5.82 Å². The highest BCUT2D eigenvalue weighted by Crippen LogP contribution is 2.27. The number of halogens is 2. The van der Waals surface area contributed by atoms with Crippen LogP contribution in [0.2, 0.25) is 0 Å². The fraction of sp³-hybridized carbons (Fsp3) is 0.538. The summed E-state index contributed by atoms with van der Waals surface area (Å²) in [5.41, 5.74) is 0.889. The smallest absolute Gasteiger partial charge is 0.139 e. The van der Waals surface area contributed by atoms with Crippen molar-refractivity contribution in [3.63, 3.8) is 0 Å². The molecule has 2 rings (SSSR count). The first-order valence-electron chi connectivity index (χ1n) is 5.87. The largest absolute Gasteiger partial charge is 0.382 e. The summed E-state index contributed by atoms with van der Waals surface area (Å²) < 4.78 is 13.8. The van der Waals surface area contributed by atoms with E-state index in [-0.39, 0.29) is 5.82 Å². The number of nitrogens with one attached hydrogen (secondary N) is 1. The lowest BCUT2D eigenvalue weighted by molar-refractivity contribution is 0.361.